The molecule has 4 heteroatoms. The standard InChI is InChI=1S/C15H19FO3/c1-19-12-7-5-6-11(10-16)13(12)15(14(17)18)8-3-2-4-9-15/h5-7H,2-4,8-10H2,1H3,(H,17,18). The number of carbonyl (C=O) groups is 1. The van der Waals surface area contributed by atoms with Crippen molar-refractivity contribution in [1.29, 1.82) is 0 Å². The molecule has 0 amide bonds. The summed E-state index contributed by atoms with van der Waals surface area (Å²) < 4.78 is 18.5. The molecule has 0 unspecified atom stereocenters. The van der Waals surface area contributed by atoms with Gasteiger partial charge < -0.3 is 9.84 Å². The van der Waals surface area contributed by atoms with Crippen molar-refractivity contribution in [2.45, 2.75) is 44.2 Å². The summed E-state index contributed by atoms with van der Waals surface area (Å²) in [5.74, 6) is -0.383. The minimum atomic E-state index is -0.994. The molecule has 3 nitrogen and oxygen atoms in total. The number of hydrogen-bond acceptors (Lipinski definition) is 2. The molecule has 1 aliphatic carbocycles. The van der Waals surface area contributed by atoms with Crippen LogP contribution >= 0.6 is 0 Å². The lowest BCUT2D eigenvalue weighted by Crippen LogP contribution is -2.39. The fourth-order valence-electron chi connectivity index (χ4n) is 3.13. The smallest absolute Gasteiger partial charge is 0.314 e. The average Bonchev–Trinajstić information content (AvgIpc) is 2.46. The van der Waals surface area contributed by atoms with Crippen LogP contribution < -0.4 is 4.74 Å². The van der Waals surface area contributed by atoms with Gasteiger partial charge in [0.15, 0.2) is 0 Å². The predicted octanol–water partition coefficient (Wildman–Crippen LogP) is 3.45. The highest BCUT2D eigenvalue weighted by molar-refractivity contribution is 5.83. The van der Waals surface area contributed by atoms with Gasteiger partial charge in [0.2, 0.25) is 0 Å². The number of carboxylic acid groups (broad SMARTS) is 1. The average molecular weight is 266 g/mol. The van der Waals surface area contributed by atoms with Gasteiger partial charge in [0, 0.05) is 5.56 Å². The minimum Gasteiger partial charge on any atom is -0.496 e. The molecule has 1 N–H and O–H groups in total. The Morgan fingerprint density at radius 1 is 1.37 bits per heavy atom. The van der Waals surface area contributed by atoms with Crippen LogP contribution in [0.4, 0.5) is 4.39 Å². The molecular formula is C15H19FO3. The van der Waals surface area contributed by atoms with E-state index < -0.39 is 18.1 Å². The predicted molar refractivity (Wildman–Crippen MR) is 70.2 cm³/mol. The molecule has 0 heterocycles. The van der Waals surface area contributed by atoms with Gasteiger partial charge in [-0.05, 0) is 24.5 Å². The van der Waals surface area contributed by atoms with E-state index in [4.69, 9.17) is 4.74 Å². The van der Waals surface area contributed by atoms with Crippen molar-refractivity contribution in [2.24, 2.45) is 0 Å². The first-order chi connectivity index (χ1) is 9.15. The van der Waals surface area contributed by atoms with Crippen molar-refractivity contribution in [3.8, 4) is 5.75 Å². The summed E-state index contributed by atoms with van der Waals surface area (Å²) in [6.07, 6.45) is 3.85. The summed E-state index contributed by atoms with van der Waals surface area (Å²) in [5, 5.41) is 9.70. The molecule has 0 bridgehead atoms. The molecule has 0 aromatic heterocycles. The maximum atomic E-state index is 13.2. The van der Waals surface area contributed by atoms with E-state index in [1.807, 2.05) is 0 Å². The van der Waals surface area contributed by atoms with Gasteiger partial charge in [-0.25, -0.2) is 4.39 Å². The van der Waals surface area contributed by atoms with Crippen LogP contribution in [0.25, 0.3) is 0 Å². The summed E-state index contributed by atoms with van der Waals surface area (Å²) in [7, 11) is 1.50. The molecule has 1 aromatic carbocycles. The Balaban J connectivity index is 2.61. The van der Waals surface area contributed by atoms with E-state index in [0.29, 0.717) is 29.7 Å². The summed E-state index contributed by atoms with van der Waals surface area (Å²) in [5.41, 5.74) is -0.0254. The van der Waals surface area contributed by atoms with Crippen LogP contribution in [0, 0.1) is 0 Å². The number of carboxylic acids is 1. The van der Waals surface area contributed by atoms with E-state index >= 15 is 0 Å². The third kappa shape index (κ3) is 2.31. The van der Waals surface area contributed by atoms with Crippen molar-refractivity contribution in [3.05, 3.63) is 29.3 Å². The number of alkyl halides is 1. The van der Waals surface area contributed by atoms with E-state index in [0.717, 1.165) is 19.3 Å². The third-order valence-corrected chi connectivity index (χ3v) is 4.07. The van der Waals surface area contributed by atoms with Crippen molar-refractivity contribution < 1.29 is 19.0 Å². The largest absolute Gasteiger partial charge is 0.496 e. The van der Waals surface area contributed by atoms with Crippen LogP contribution in [0.3, 0.4) is 0 Å². The topological polar surface area (TPSA) is 46.5 Å². The van der Waals surface area contributed by atoms with Gasteiger partial charge >= 0.3 is 5.97 Å². The van der Waals surface area contributed by atoms with Gasteiger partial charge in [0.1, 0.15) is 12.4 Å². The first kappa shape index (κ1) is 13.8. The number of ether oxygens (including phenoxy) is 1. The van der Waals surface area contributed by atoms with Gasteiger partial charge in [-0.1, -0.05) is 31.4 Å². The summed E-state index contributed by atoms with van der Waals surface area (Å²) in [6, 6.07) is 5.07. The second kappa shape index (κ2) is 5.59. The first-order valence-corrected chi connectivity index (χ1v) is 6.61. The van der Waals surface area contributed by atoms with Crippen molar-refractivity contribution in [2.75, 3.05) is 7.11 Å². The van der Waals surface area contributed by atoms with Crippen molar-refractivity contribution in [1.82, 2.24) is 0 Å². The van der Waals surface area contributed by atoms with Gasteiger partial charge in [-0.3, -0.25) is 4.79 Å². The number of halogens is 1. The zero-order chi connectivity index (χ0) is 13.9. The van der Waals surface area contributed by atoms with Crippen LogP contribution in [0.5, 0.6) is 5.75 Å². The lowest BCUT2D eigenvalue weighted by Gasteiger charge is -2.35. The Kier molecular flexibility index (Phi) is 4.08. The van der Waals surface area contributed by atoms with Crippen LogP contribution in [-0.2, 0) is 16.9 Å². The Hall–Kier alpha value is -1.58. The molecule has 1 aromatic rings. The number of aliphatic carboxylic acids is 1. The summed E-state index contributed by atoms with van der Waals surface area (Å²) in [4.78, 5) is 11.8. The SMILES string of the molecule is COc1cccc(CF)c1C1(C(=O)O)CCCCC1. The molecule has 1 fully saturated rings. The zero-order valence-corrected chi connectivity index (χ0v) is 11.1. The lowest BCUT2D eigenvalue weighted by molar-refractivity contribution is -0.145. The molecule has 0 aliphatic heterocycles. The lowest BCUT2D eigenvalue weighted by atomic mass is 9.68. The molecule has 2 rings (SSSR count). The van der Waals surface area contributed by atoms with Gasteiger partial charge in [-0.2, -0.15) is 0 Å². The fraction of sp³-hybridized carbons (Fsp3) is 0.533. The summed E-state index contributed by atoms with van der Waals surface area (Å²) in [6.45, 7) is -0.665. The van der Waals surface area contributed by atoms with Crippen LogP contribution in [0.2, 0.25) is 0 Å². The maximum absolute atomic E-state index is 13.2. The third-order valence-electron chi connectivity index (χ3n) is 4.07. The Morgan fingerprint density at radius 3 is 2.58 bits per heavy atom. The Bertz CT molecular complexity index is 442. The molecular weight excluding hydrogens is 247 g/mol. The highest BCUT2D eigenvalue weighted by Crippen LogP contribution is 2.45. The van der Waals surface area contributed by atoms with E-state index in [-0.39, 0.29) is 0 Å². The van der Waals surface area contributed by atoms with Gasteiger partial charge in [0.05, 0.1) is 12.5 Å². The molecule has 19 heavy (non-hydrogen) atoms. The minimum absolute atomic E-state index is 0.434. The Labute approximate surface area is 112 Å². The molecule has 0 spiro atoms. The second-order valence-corrected chi connectivity index (χ2v) is 5.08. The number of methoxy groups -OCH3 is 1. The van der Waals surface area contributed by atoms with Crippen LogP contribution in [0.15, 0.2) is 18.2 Å². The highest BCUT2D eigenvalue weighted by Gasteiger charge is 2.44. The van der Waals surface area contributed by atoms with E-state index in [9.17, 15) is 14.3 Å². The van der Waals surface area contributed by atoms with E-state index in [1.54, 1.807) is 18.2 Å². The van der Waals surface area contributed by atoms with Crippen LogP contribution in [0.1, 0.15) is 43.2 Å². The van der Waals surface area contributed by atoms with E-state index in [1.165, 1.54) is 7.11 Å². The van der Waals surface area contributed by atoms with Crippen molar-refractivity contribution in [3.63, 3.8) is 0 Å². The zero-order valence-electron chi connectivity index (χ0n) is 11.1. The highest BCUT2D eigenvalue weighted by atomic mass is 19.1. The maximum Gasteiger partial charge on any atom is 0.314 e. The van der Waals surface area contributed by atoms with Crippen LogP contribution in [-0.4, -0.2) is 18.2 Å². The molecule has 1 aliphatic rings. The summed E-state index contributed by atoms with van der Waals surface area (Å²) >= 11 is 0. The quantitative estimate of drug-likeness (QED) is 0.908. The second-order valence-electron chi connectivity index (χ2n) is 5.08. The monoisotopic (exact) mass is 266 g/mol. The molecule has 0 radical (unpaired) electrons. The fourth-order valence-corrected chi connectivity index (χ4v) is 3.13. The number of rotatable bonds is 4. The molecule has 1 saturated carbocycles. The molecule has 104 valence electrons. The van der Waals surface area contributed by atoms with E-state index in [2.05, 4.69) is 0 Å². The van der Waals surface area contributed by atoms with Gasteiger partial charge in [0.25, 0.3) is 0 Å². The molecule has 0 atom stereocenters. The Morgan fingerprint density at radius 2 is 2.05 bits per heavy atom. The van der Waals surface area contributed by atoms with Crippen molar-refractivity contribution >= 4 is 5.97 Å². The normalized spacial score (nSPS) is 18.0. The number of hydrogen-bond donors (Lipinski definition) is 1. The first-order valence-electron chi connectivity index (χ1n) is 6.61. The number of benzene rings is 1. The van der Waals surface area contributed by atoms with Gasteiger partial charge in [-0.15, -0.1) is 0 Å². The molecule has 0 saturated heterocycles.